The molecular formula is C21H19NO6S2. The van der Waals surface area contributed by atoms with Gasteiger partial charge in [0.2, 0.25) is 0 Å². The van der Waals surface area contributed by atoms with Crippen molar-refractivity contribution in [3.05, 3.63) is 52.6 Å². The van der Waals surface area contributed by atoms with Crippen LogP contribution >= 0.6 is 24.0 Å². The molecule has 9 heteroatoms. The Morgan fingerprint density at radius 1 is 1.20 bits per heavy atom. The maximum atomic E-state index is 12.8. The molecule has 7 nitrogen and oxygen atoms in total. The zero-order chi connectivity index (χ0) is 21.8. The highest BCUT2D eigenvalue weighted by Crippen LogP contribution is 2.35. The Bertz CT molecular complexity index is 1020. The van der Waals surface area contributed by atoms with E-state index >= 15 is 0 Å². The Balaban J connectivity index is 1.80. The van der Waals surface area contributed by atoms with Gasteiger partial charge in [0.15, 0.2) is 0 Å². The normalized spacial score (nSPS) is 16.3. The molecule has 1 aliphatic rings. The molecule has 3 rings (SSSR count). The summed E-state index contributed by atoms with van der Waals surface area (Å²) in [6.45, 7) is 2.08. The zero-order valence-corrected chi connectivity index (χ0v) is 17.7. The quantitative estimate of drug-likeness (QED) is 0.463. The van der Waals surface area contributed by atoms with Crippen molar-refractivity contribution in [1.82, 2.24) is 4.90 Å². The summed E-state index contributed by atoms with van der Waals surface area (Å²) in [5.41, 5.74) is 2.11. The van der Waals surface area contributed by atoms with E-state index in [0.717, 1.165) is 28.6 Å². The van der Waals surface area contributed by atoms with E-state index in [1.807, 2.05) is 24.3 Å². The molecule has 1 aromatic carbocycles. The van der Waals surface area contributed by atoms with E-state index < -0.39 is 23.9 Å². The van der Waals surface area contributed by atoms with Crippen molar-refractivity contribution in [2.75, 3.05) is 0 Å². The summed E-state index contributed by atoms with van der Waals surface area (Å²) in [5.74, 6) is -1.94. The highest BCUT2D eigenvalue weighted by atomic mass is 32.2. The van der Waals surface area contributed by atoms with Crippen LogP contribution in [0.25, 0.3) is 17.4 Å². The summed E-state index contributed by atoms with van der Waals surface area (Å²) >= 11 is 6.14. The molecule has 2 aromatic rings. The van der Waals surface area contributed by atoms with Gasteiger partial charge in [-0.25, -0.2) is 4.79 Å². The molecule has 1 saturated heterocycles. The van der Waals surface area contributed by atoms with Crippen molar-refractivity contribution in [3.63, 3.8) is 0 Å². The Hall–Kier alpha value is -2.91. The van der Waals surface area contributed by atoms with Gasteiger partial charge in [-0.05, 0) is 30.5 Å². The van der Waals surface area contributed by atoms with Crippen LogP contribution in [0.1, 0.15) is 31.1 Å². The monoisotopic (exact) mass is 445 g/mol. The lowest BCUT2D eigenvalue weighted by Gasteiger charge is -2.22. The number of thioether (sulfide) groups is 1. The van der Waals surface area contributed by atoms with Crippen molar-refractivity contribution >= 4 is 52.2 Å². The van der Waals surface area contributed by atoms with Crippen LogP contribution in [0.3, 0.4) is 0 Å². The van der Waals surface area contributed by atoms with Crippen LogP contribution < -0.4 is 0 Å². The maximum Gasteiger partial charge on any atom is 0.326 e. The van der Waals surface area contributed by atoms with Crippen LogP contribution in [-0.2, 0) is 20.8 Å². The minimum atomic E-state index is -1.33. The van der Waals surface area contributed by atoms with Gasteiger partial charge in [-0.3, -0.25) is 14.5 Å². The molecule has 2 heterocycles. The minimum absolute atomic E-state index is 0.0750. The molecule has 1 atom stereocenters. The number of benzene rings is 1. The third kappa shape index (κ3) is 4.80. The van der Waals surface area contributed by atoms with Gasteiger partial charge in [-0.1, -0.05) is 55.2 Å². The van der Waals surface area contributed by atoms with Crippen LogP contribution in [0.4, 0.5) is 0 Å². The third-order valence-electron chi connectivity index (χ3n) is 4.60. The smallest absolute Gasteiger partial charge is 0.326 e. The van der Waals surface area contributed by atoms with E-state index in [9.17, 15) is 19.5 Å². The summed E-state index contributed by atoms with van der Waals surface area (Å²) in [4.78, 5) is 36.3. The highest BCUT2D eigenvalue weighted by molar-refractivity contribution is 8.26. The number of carboxylic acid groups (broad SMARTS) is 2. The molecule has 2 N–H and O–H groups in total. The molecule has 1 aliphatic heterocycles. The predicted molar refractivity (Wildman–Crippen MR) is 117 cm³/mol. The van der Waals surface area contributed by atoms with Crippen molar-refractivity contribution in [3.8, 4) is 11.3 Å². The van der Waals surface area contributed by atoms with Gasteiger partial charge in [-0.2, -0.15) is 0 Å². The van der Waals surface area contributed by atoms with Gasteiger partial charge in [0.25, 0.3) is 5.91 Å². The second kappa shape index (κ2) is 9.27. The molecule has 1 aromatic heterocycles. The summed E-state index contributed by atoms with van der Waals surface area (Å²) in [6.07, 6.45) is 1.84. The fourth-order valence-electron chi connectivity index (χ4n) is 2.99. The van der Waals surface area contributed by atoms with Crippen LogP contribution in [-0.4, -0.2) is 43.3 Å². The molecule has 1 amide bonds. The number of nitrogens with zero attached hydrogens (tertiary/aromatic N) is 1. The molecule has 1 fully saturated rings. The number of hydrogen-bond donors (Lipinski definition) is 2. The number of rotatable bonds is 8. The highest BCUT2D eigenvalue weighted by Gasteiger charge is 2.40. The van der Waals surface area contributed by atoms with Crippen molar-refractivity contribution in [1.29, 1.82) is 0 Å². The molecule has 0 saturated carbocycles. The Morgan fingerprint density at radius 3 is 2.50 bits per heavy atom. The fourth-order valence-corrected chi connectivity index (χ4v) is 4.33. The number of aliphatic carboxylic acids is 2. The average Bonchev–Trinajstić information content (AvgIpc) is 3.28. The zero-order valence-electron chi connectivity index (χ0n) is 16.0. The molecule has 0 radical (unpaired) electrons. The Morgan fingerprint density at radius 2 is 1.90 bits per heavy atom. The number of carboxylic acids is 2. The summed E-state index contributed by atoms with van der Waals surface area (Å²) < 4.78 is 5.89. The standard InChI is InChI=1S/C21H19NO6S2/c1-2-12-3-5-13(6-4-12)16-9-7-14(28-16)11-17-19(25)22(21(29)30-17)15(20(26)27)8-10-18(23)24/h3-7,9,11,15H,2,8,10H2,1H3,(H,23,24)(H,26,27)/b17-11+/t15-/m1/s1. The molecule has 0 bridgehead atoms. The first kappa shape index (κ1) is 21.8. The first-order valence-electron chi connectivity index (χ1n) is 9.21. The summed E-state index contributed by atoms with van der Waals surface area (Å²) in [5, 5.41) is 18.3. The molecule has 0 unspecified atom stereocenters. The second-order valence-electron chi connectivity index (χ2n) is 6.59. The van der Waals surface area contributed by atoms with Crippen LogP contribution in [0.5, 0.6) is 0 Å². The largest absolute Gasteiger partial charge is 0.481 e. The van der Waals surface area contributed by atoms with Gasteiger partial charge < -0.3 is 14.6 Å². The van der Waals surface area contributed by atoms with Crippen LogP contribution in [0, 0.1) is 0 Å². The predicted octanol–water partition coefficient (Wildman–Crippen LogP) is 4.03. The lowest BCUT2D eigenvalue weighted by Crippen LogP contribution is -2.44. The third-order valence-corrected chi connectivity index (χ3v) is 5.93. The number of amides is 1. The molecule has 156 valence electrons. The lowest BCUT2D eigenvalue weighted by atomic mass is 10.1. The number of hydrogen-bond acceptors (Lipinski definition) is 6. The average molecular weight is 446 g/mol. The fraction of sp³-hybridized carbons (Fsp3) is 0.238. The number of carbonyl (C=O) groups excluding carboxylic acids is 1. The SMILES string of the molecule is CCc1ccc(-c2ccc(/C=C3/SC(=S)N([C@H](CCC(=O)O)C(=O)O)C3=O)o2)cc1. The van der Waals surface area contributed by atoms with Crippen molar-refractivity contribution in [2.45, 2.75) is 32.2 Å². The van der Waals surface area contributed by atoms with Crippen LogP contribution in [0.2, 0.25) is 0 Å². The Kier molecular flexibility index (Phi) is 6.73. The van der Waals surface area contributed by atoms with Gasteiger partial charge >= 0.3 is 11.9 Å². The van der Waals surface area contributed by atoms with E-state index in [1.165, 1.54) is 11.6 Å². The van der Waals surface area contributed by atoms with E-state index in [2.05, 4.69) is 6.92 Å². The first-order valence-corrected chi connectivity index (χ1v) is 10.4. The van der Waals surface area contributed by atoms with Gasteiger partial charge in [-0.15, -0.1) is 0 Å². The number of furan rings is 1. The lowest BCUT2D eigenvalue weighted by molar-refractivity contribution is -0.146. The molecular weight excluding hydrogens is 426 g/mol. The number of carbonyl (C=O) groups is 3. The van der Waals surface area contributed by atoms with E-state index in [-0.39, 0.29) is 22.1 Å². The van der Waals surface area contributed by atoms with Crippen molar-refractivity contribution in [2.24, 2.45) is 0 Å². The molecule has 30 heavy (non-hydrogen) atoms. The van der Waals surface area contributed by atoms with E-state index in [4.69, 9.17) is 21.7 Å². The molecule has 0 spiro atoms. The van der Waals surface area contributed by atoms with Crippen LogP contribution in [0.15, 0.2) is 45.7 Å². The summed E-state index contributed by atoms with van der Waals surface area (Å²) in [6, 6.07) is 10.1. The minimum Gasteiger partial charge on any atom is -0.481 e. The van der Waals surface area contributed by atoms with E-state index in [1.54, 1.807) is 12.1 Å². The summed E-state index contributed by atoms with van der Waals surface area (Å²) in [7, 11) is 0. The van der Waals surface area contributed by atoms with Gasteiger partial charge in [0.1, 0.15) is 21.9 Å². The van der Waals surface area contributed by atoms with Crippen molar-refractivity contribution < 1.29 is 29.0 Å². The number of aryl methyl sites for hydroxylation is 1. The van der Waals surface area contributed by atoms with E-state index in [0.29, 0.717) is 11.5 Å². The number of thiocarbonyl (C=S) groups is 1. The molecule has 0 aliphatic carbocycles. The Labute approximate surface area is 182 Å². The topological polar surface area (TPSA) is 108 Å². The van der Waals surface area contributed by atoms with Gasteiger partial charge in [0.05, 0.1) is 4.91 Å². The first-order chi connectivity index (χ1) is 14.3. The second-order valence-corrected chi connectivity index (χ2v) is 8.27. The van der Waals surface area contributed by atoms with Gasteiger partial charge in [0, 0.05) is 18.1 Å². The maximum absolute atomic E-state index is 12.8.